The van der Waals surface area contributed by atoms with Crippen molar-refractivity contribution in [3.8, 4) is 17.2 Å². The standard InChI is InChI=1S/C19H21N/c1-15(2)4-3-5-16-6-10-18(11-7-16)19-12-8-17(14-20)9-13-19/h6-13,15H,3-5H2,1-2H3. The Hall–Kier alpha value is -2.07. The van der Waals surface area contributed by atoms with E-state index in [1.807, 2.05) is 24.3 Å². The van der Waals surface area contributed by atoms with Crippen molar-refractivity contribution in [2.45, 2.75) is 33.1 Å². The lowest BCUT2D eigenvalue weighted by molar-refractivity contribution is 0.556. The van der Waals surface area contributed by atoms with E-state index in [9.17, 15) is 0 Å². The van der Waals surface area contributed by atoms with E-state index < -0.39 is 0 Å². The first-order valence-electron chi connectivity index (χ1n) is 7.28. The Bertz CT molecular complexity index is 571. The molecule has 0 radical (unpaired) electrons. The van der Waals surface area contributed by atoms with Crippen LogP contribution in [0.25, 0.3) is 11.1 Å². The van der Waals surface area contributed by atoms with Crippen LogP contribution in [0.2, 0.25) is 0 Å². The second kappa shape index (κ2) is 6.91. The molecule has 0 unspecified atom stereocenters. The Morgan fingerprint density at radius 2 is 1.45 bits per heavy atom. The normalized spacial score (nSPS) is 10.5. The molecule has 0 aromatic heterocycles. The minimum Gasteiger partial charge on any atom is -0.192 e. The molecule has 2 aromatic carbocycles. The van der Waals surface area contributed by atoms with Crippen LogP contribution < -0.4 is 0 Å². The van der Waals surface area contributed by atoms with Gasteiger partial charge in [0, 0.05) is 0 Å². The average molecular weight is 263 g/mol. The number of nitriles is 1. The first-order valence-corrected chi connectivity index (χ1v) is 7.28. The molecule has 0 aliphatic heterocycles. The first kappa shape index (κ1) is 14.3. The molecule has 1 heteroatoms. The summed E-state index contributed by atoms with van der Waals surface area (Å²) in [6.45, 7) is 4.54. The summed E-state index contributed by atoms with van der Waals surface area (Å²) in [5.41, 5.74) is 4.49. The van der Waals surface area contributed by atoms with E-state index in [0.717, 1.165) is 17.9 Å². The summed E-state index contributed by atoms with van der Waals surface area (Å²) >= 11 is 0. The maximum atomic E-state index is 8.81. The summed E-state index contributed by atoms with van der Waals surface area (Å²) in [4.78, 5) is 0. The van der Waals surface area contributed by atoms with Crippen LogP contribution in [0.5, 0.6) is 0 Å². The third-order valence-corrected chi connectivity index (χ3v) is 3.55. The number of hydrogen-bond donors (Lipinski definition) is 0. The molecule has 0 fully saturated rings. The van der Waals surface area contributed by atoms with Gasteiger partial charge < -0.3 is 0 Å². The fourth-order valence-electron chi connectivity index (χ4n) is 2.32. The van der Waals surface area contributed by atoms with Gasteiger partial charge in [0.25, 0.3) is 0 Å². The SMILES string of the molecule is CC(C)CCCc1ccc(-c2ccc(C#N)cc2)cc1. The van der Waals surface area contributed by atoms with Gasteiger partial charge in [-0.2, -0.15) is 5.26 Å². The Morgan fingerprint density at radius 1 is 0.900 bits per heavy atom. The highest BCUT2D eigenvalue weighted by atomic mass is 14.2. The van der Waals surface area contributed by atoms with Gasteiger partial charge in [-0.15, -0.1) is 0 Å². The number of benzene rings is 2. The second-order valence-electron chi connectivity index (χ2n) is 5.67. The van der Waals surface area contributed by atoms with Gasteiger partial charge in [-0.05, 0) is 47.6 Å². The van der Waals surface area contributed by atoms with E-state index in [1.54, 1.807) is 0 Å². The molecule has 0 saturated carbocycles. The van der Waals surface area contributed by atoms with Gasteiger partial charge in [-0.1, -0.05) is 56.7 Å². The molecular weight excluding hydrogens is 242 g/mol. The Kier molecular flexibility index (Phi) is 4.96. The topological polar surface area (TPSA) is 23.8 Å². The van der Waals surface area contributed by atoms with Crippen LogP contribution in [0.15, 0.2) is 48.5 Å². The van der Waals surface area contributed by atoms with Crippen molar-refractivity contribution in [3.63, 3.8) is 0 Å². The van der Waals surface area contributed by atoms with Crippen molar-refractivity contribution in [1.29, 1.82) is 5.26 Å². The third kappa shape index (κ3) is 3.96. The predicted molar refractivity (Wildman–Crippen MR) is 84.4 cm³/mol. The Balaban J connectivity index is 2.02. The number of rotatable bonds is 5. The monoisotopic (exact) mass is 263 g/mol. The van der Waals surface area contributed by atoms with E-state index in [-0.39, 0.29) is 0 Å². The lowest BCUT2D eigenvalue weighted by Crippen LogP contribution is -1.91. The van der Waals surface area contributed by atoms with Gasteiger partial charge in [0.1, 0.15) is 0 Å². The molecule has 1 nitrogen and oxygen atoms in total. The molecule has 20 heavy (non-hydrogen) atoms. The molecule has 0 heterocycles. The fourth-order valence-corrected chi connectivity index (χ4v) is 2.32. The highest BCUT2D eigenvalue weighted by Crippen LogP contribution is 2.21. The largest absolute Gasteiger partial charge is 0.192 e. The van der Waals surface area contributed by atoms with Gasteiger partial charge in [-0.3, -0.25) is 0 Å². The molecule has 0 N–H and O–H groups in total. The van der Waals surface area contributed by atoms with Gasteiger partial charge in [0.2, 0.25) is 0 Å². The minimum atomic E-state index is 0.707. The van der Waals surface area contributed by atoms with Gasteiger partial charge in [0.15, 0.2) is 0 Å². The quantitative estimate of drug-likeness (QED) is 0.727. The van der Waals surface area contributed by atoms with Crippen LogP contribution in [-0.2, 0) is 6.42 Å². The smallest absolute Gasteiger partial charge is 0.0991 e. The summed E-state index contributed by atoms with van der Waals surface area (Å²) in [6.07, 6.45) is 3.71. The molecule has 0 bridgehead atoms. The highest BCUT2D eigenvalue weighted by Gasteiger charge is 2.00. The van der Waals surface area contributed by atoms with Crippen LogP contribution in [0.4, 0.5) is 0 Å². The molecular formula is C19H21N. The molecule has 0 aliphatic carbocycles. The van der Waals surface area contributed by atoms with Crippen molar-refractivity contribution >= 4 is 0 Å². The minimum absolute atomic E-state index is 0.707. The van der Waals surface area contributed by atoms with E-state index in [1.165, 1.54) is 24.0 Å². The van der Waals surface area contributed by atoms with E-state index in [4.69, 9.17) is 5.26 Å². The Morgan fingerprint density at radius 3 is 1.95 bits per heavy atom. The zero-order valence-electron chi connectivity index (χ0n) is 12.3. The van der Waals surface area contributed by atoms with Crippen molar-refractivity contribution in [2.75, 3.05) is 0 Å². The first-order chi connectivity index (χ1) is 9.69. The summed E-state index contributed by atoms with van der Waals surface area (Å²) in [7, 11) is 0. The predicted octanol–water partition coefficient (Wildman–Crippen LogP) is 5.20. The summed E-state index contributed by atoms with van der Waals surface area (Å²) in [5, 5.41) is 8.81. The molecule has 0 aliphatic rings. The number of aryl methyl sites for hydroxylation is 1. The maximum absolute atomic E-state index is 8.81. The Labute approximate surface area is 121 Å². The van der Waals surface area contributed by atoms with Gasteiger partial charge in [-0.25, -0.2) is 0 Å². The zero-order valence-corrected chi connectivity index (χ0v) is 12.3. The molecule has 0 saturated heterocycles. The molecule has 2 aromatic rings. The van der Waals surface area contributed by atoms with Gasteiger partial charge >= 0.3 is 0 Å². The third-order valence-electron chi connectivity index (χ3n) is 3.55. The van der Waals surface area contributed by atoms with Gasteiger partial charge in [0.05, 0.1) is 11.6 Å². The van der Waals surface area contributed by atoms with Crippen LogP contribution in [0.3, 0.4) is 0 Å². The lowest BCUT2D eigenvalue weighted by atomic mass is 9.99. The van der Waals surface area contributed by atoms with Crippen molar-refractivity contribution in [1.82, 2.24) is 0 Å². The maximum Gasteiger partial charge on any atom is 0.0991 e. The van der Waals surface area contributed by atoms with Crippen LogP contribution in [0, 0.1) is 17.2 Å². The molecule has 2 rings (SSSR count). The van der Waals surface area contributed by atoms with Crippen molar-refractivity contribution < 1.29 is 0 Å². The average Bonchev–Trinajstić information content (AvgIpc) is 2.48. The van der Waals surface area contributed by atoms with Crippen molar-refractivity contribution in [3.05, 3.63) is 59.7 Å². The van der Waals surface area contributed by atoms with E-state index >= 15 is 0 Å². The molecule has 0 spiro atoms. The number of nitrogens with zero attached hydrogens (tertiary/aromatic N) is 1. The van der Waals surface area contributed by atoms with Crippen molar-refractivity contribution in [2.24, 2.45) is 5.92 Å². The second-order valence-corrected chi connectivity index (χ2v) is 5.67. The van der Waals surface area contributed by atoms with E-state index in [2.05, 4.69) is 44.2 Å². The van der Waals surface area contributed by atoms with Crippen LogP contribution in [0.1, 0.15) is 37.8 Å². The summed E-state index contributed by atoms with van der Waals surface area (Å²) < 4.78 is 0. The van der Waals surface area contributed by atoms with Crippen LogP contribution >= 0.6 is 0 Å². The lowest BCUT2D eigenvalue weighted by Gasteiger charge is -2.06. The fraction of sp³-hybridized carbons (Fsp3) is 0.316. The van der Waals surface area contributed by atoms with E-state index in [0.29, 0.717) is 5.56 Å². The molecule has 0 amide bonds. The zero-order chi connectivity index (χ0) is 14.4. The molecule has 0 atom stereocenters. The molecule has 102 valence electrons. The highest BCUT2D eigenvalue weighted by molar-refractivity contribution is 5.64. The number of hydrogen-bond acceptors (Lipinski definition) is 1. The summed E-state index contributed by atoms with van der Waals surface area (Å²) in [6, 6.07) is 18.7. The summed E-state index contributed by atoms with van der Waals surface area (Å²) in [5.74, 6) is 0.785. The van der Waals surface area contributed by atoms with Crippen LogP contribution in [-0.4, -0.2) is 0 Å².